The Morgan fingerprint density at radius 2 is 2.27 bits per heavy atom. The quantitative estimate of drug-likeness (QED) is 0.839. The zero-order chi connectivity index (χ0) is 10.7. The van der Waals surface area contributed by atoms with Crippen LogP contribution in [0.2, 0.25) is 0 Å². The standard InChI is InChI=1S/C11H10N2OS/c1-12-11(14)10-4-9(5-13-6-10)8-2-3-15-7-8/h2-7H,1H3,(H,12,14). The summed E-state index contributed by atoms with van der Waals surface area (Å²) < 4.78 is 0. The summed E-state index contributed by atoms with van der Waals surface area (Å²) in [5.74, 6) is -0.112. The molecule has 0 fully saturated rings. The molecule has 0 saturated carbocycles. The van der Waals surface area contributed by atoms with Crippen molar-refractivity contribution >= 4 is 17.2 Å². The zero-order valence-electron chi connectivity index (χ0n) is 8.23. The van der Waals surface area contributed by atoms with Gasteiger partial charge >= 0.3 is 0 Å². The number of hydrogen-bond acceptors (Lipinski definition) is 3. The van der Waals surface area contributed by atoms with Gasteiger partial charge in [-0.25, -0.2) is 0 Å². The Balaban J connectivity index is 2.39. The summed E-state index contributed by atoms with van der Waals surface area (Å²) in [6, 6.07) is 3.85. The van der Waals surface area contributed by atoms with Crippen LogP contribution in [-0.2, 0) is 0 Å². The fourth-order valence-corrected chi connectivity index (χ4v) is 1.96. The van der Waals surface area contributed by atoms with Gasteiger partial charge in [-0.1, -0.05) is 0 Å². The predicted octanol–water partition coefficient (Wildman–Crippen LogP) is 2.17. The molecular weight excluding hydrogens is 208 g/mol. The van der Waals surface area contributed by atoms with Crippen molar-refractivity contribution in [2.24, 2.45) is 0 Å². The highest BCUT2D eigenvalue weighted by Gasteiger charge is 2.05. The smallest absolute Gasteiger partial charge is 0.252 e. The Morgan fingerprint density at radius 1 is 1.40 bits per heavy atom. The molecule has 0 spiro atoms. The van der Waals surface area contributed by atoms with Crippen LogP contribution in [0.4, 0.5) is 0 Å². The molecule has 0 aromatic carbocycles. The lowest BCUT2D eigenvalue weighted by atomic mass is 10.1. The molecule has 2 heterocycles. The van der Waals surface area contributed by atoms with Crippen LogP contribution in [0.15, 0.2) is 35.3 Å². The molecule has 0 bridgehead atoms. The van der Waals surface area contributed by atoms with Crippen molar-refractivity contribution in [2.45, 2.75) is 0 Å². The molecule has 0 radical (unpaired) electrons. The van der Waals surface area contributed by atoms with Crippen molar-refractivity contribution in [3.05, 3.63) is 40.8 Å². The SMILES string of the molecule is CNC(=O)c1cncc(-c2ccsc2)c1. The number of thiophene rings is 1. The minimum Gasteiger partial charge on any atom is -0.355 e. The van der Waals surface area contributed by atoms with E-state index in [1.807, 2.05) is 22.9 Å². The van der Waals surface area contributed by atoms with Gasteiger partial charge in [0.1, 0.15) is 0 Å². The van der Waals surface area contributed by atoms with E-state index in [9.17, 15) is 4.79 Å². The van der Waals surface area contributed by atoms with Crippen LogP contribution >= 0.6 is 11.3 Å². The minimum absolute atomic E-state index is 0.112. The van der Waals surface area contributed by atoms with Crippen LogP contribution in [0, 0.1) is 0 Å². The van der Waals surface area contributed by atoms with Gasteiger partial charge in [-0.2, -0.15) is 11.3 Å². The van der Waals surface area contributed by atoms with Gasteiger partial charge in [0.2, 0.25) is 0 Å². The van der Waals surface area contributed by atoms with Crippen LogP contribution in [-0.4, -0.2) is 17.9 Å². The molecule has 0 saturated heterocycles. The van der Waals surface area contributed by atoms with E-state index in [-0.39, 0.29) is 5.91 Å². The van der Waals surface area contributed by atoms with Crippen molar-refractivity contribution < 1.29 is 4.79 Å². The van der Waals surface area contributed by atoms with E-state index < -0.39 is 0 Å². The lowest BCUT2D eigenvalue weighted by molar-refractivity contribution is 0.0963. The summed E-state index contributed by atoms with van der Waals surface area (Å²) >= 11 is 1.63. The molecular formula is C11H10N2OS. The predicted molar refractivity (Wildman–Crippen MR) is 60.9 cm³/mol. The number of amides is 1. The van der Waals surface area contributed by atoms with Crippen molar-refractivity contribution in [1.29, 1.82) is 0 Å². The summed E-state index contributed by atoms with van der Waals surface area (Å²) in [5.41, 5.74) is 2.65. The van der Waals surface area contributed by atoms with E-state index in [2.05, 4.69) is 10.3 Å². The van der Waals surface area contributed by atoms with Crippen LogP contribution < -0.4 is 5.32 Å². The van der Waals surface area contributed by atoms with E-state index >= 15 is 0 Å². The third-order valence-electron chi connectivity index (χ3n) is 2.08. The monoisotopic (exact) mass is 218 g/mol. The third-order valence-corrected chi connectivity index (χ3v) is 2.77. The molecule has 0 aliphatic rings. The number of rotatable bonds is 2. The number of aromatic nitrogens is 1. The van der Waals surface area contributed by atoms with E-state index in [0.717, 1.165) is 11.1 Å². The Morgan fingerprint density at radius 3 is 2.93 bits per heavy atom. The van der Waals surface area contributed by atoms with Crippen LogP contribution in [0.5, 0.6) is 0 Å². The molecule has 1 amide bonds. The first kappa shape index (κ1) is 9.86. The lowest BCUT2D eigenvalue weighted by Gasteiger charge is -2.01. The van der Waals surface area contributed by atoms with E-state index in [4.69, 9.17) is 0 Å². The second-order valence-electron chi connectivity index (χ2n) is 3.05. The summed E-state index contributed by atoms with van der Waals surface area (Å²) in [6.07, 6.45) is 3.32. The molecule has 4 heteroatoms. The van der Waals surface area contributed by atoms with Crippen molar-refractivity contribution in [3.8, 4) is 11.1 Å². The number of hydrogen-bond donors (Lipinski definition) is 1. The molecule has 2 aromatic heterocycles. The molecule has 76 valence electrons. The first-order valence-electron chi connectivity index (χ1n) is 4.51. The fourth-order valence-electron chi connectivity index (χ4n) is 1.30. The maximum Gasteiger partial charge on any atom is 0.252 e. The van der Waals surface area contributed by atoms with Gasteiger partial charge in [-0.15, -0.1) is 0 Å². The van der Waals surface area contributed by atoms with Crippen molar-refractivity contribution in [3.63, 3.8) is 0 Å². The normalized spacial score (nSPS) is 9.93. The molecule has 0 aliphatic heterocycles. The van der Waals surface area contributed by atoms with Gasteiger partial charge in [-0.05, 0) is 28.5 Å². The Labute approximate surface area is 91.8 Å². The van der Waals surface area contributed by atoms with Gasteiger partial charge in [-0.3, -0.25) is 9.78 Å². The zero-order valence-corrected chi connectivity index (χ0v) is 9.04. The third kappa shape index (κ3) is 2.05. The first-order valence-corrected chi connectivity index (χ1v) is 5.45. The summed E-state index contributed by atoms with van der Waals surface area (Å²) in [7, 11) is 1.61. The second-order valence-corrected chi connectivity index (χ2v) is 3.83. The molecule has 15 heavy (non-hydrogen) atoms. The van der Waals surface area contributed by atoms with E-state index in [0.29, 0.717) is 5.56 Å². The summed E-state index contributed by atoms with van der Waals surface area (Å²) in [6.45, 7) is 0. The maximum absolute atomic E-state index is 11.4. The van der Waals surface area contributed by atoms with E-state index in [1.165, 1.54) is 0 Å². The first-order chi connectivity index (χ1) is 7.31. The van der Waals surface area contributed by atoms with Crippen molar-refractivity contribution in [1.82, 2.24) is 10.3 Å². The Hall–Kier alpha value is -1.68. The Bertz CT molecular complexity index is 465. The average molecular weight is 218 g/mol. The Kier molecular flexibility index (Phi) is 2.78. The molecule has 0 aliphatic carbocycles. The van der Waals surface area contributed by atoms with Gasteiger partial charge in [0.15, 0.2) is 0 Å². The lowest BCUT2D eigenvalue weighted by Crippen LogP contribution is -2.17. The van der Waals surface area contributed by atoms with Gasteiger partial charge in [0.05, 0.1) is 5.56 Å². The number of nitrogens with zero attached hydrogens (tertiary/aromatic N) is 1. The van der Waals surface area contributed by atoms with Gasteiger partial charge < -0.3 is 5.32 Å². The van der Waals surface area contributed by atoms with Crippen LogP contribution in [0.25, 0.3) is 11.1 Å². The summed E-state index contributed by atoms with van der Waals surface area (Å²) in [5, 5.41) is 6.61. The maximum atomic E-state index is 11.4. The van der Waals surface area contributed by atoms with E-state index in [1.54, 1.807) is 30.8 Å². The molecule has 3 nitrogen and oxygen atoms in total. The fraction of sp³-hybridized carbons (Fsp3) is 0.0909. The molecule has 2 aromatic rings. The van der Waals surface area contributed by atoms with Gasteiger partial charge in [0.25, 0.3) is 5.91 Å². The van der Waals surface area contributed by atoms with Crippen molar-refractivity contribution in [2.75, 3.05) is 7.05 Å². The highest BCUT2D eigenvalue weighted by atomic mass is 32.1. The molecule has 2 rings (SSSR count). The number of pyridine rings is 1. The van der Waals surface area contributed by atoms with Crippen LogP contribution in [0.1, 0.15) is 10.4 Å². The second kappa shape index (κ2) is 4.23. The number of carbonyl (C=O) groups excluding carboxylic acids is 1. The minimum atomic E-state index is -0.112. The highest BCUT2D eigenvalue weighted by molar-refractivity contribution is 7.08. The number of nitrogens with one attached hydrogen (secondary N) is 1. The summed E-state index contributed by atoms with van der Waals surface area (Å²) in [4.78, 5) is 15.4. The largest absolute Gasteiger partial charge is 0.355 e. The molecule has 0 unspecified atom stereocenters. The average Bonchev–Trinajstić information content (AvgIpc) is 2.82. The topological polar surface area (TPSA) is 42.0 Å². The molecule has 1 N–H and O–H groups in total. The number of carbonyl (C=O) groups is 1. The van der Waals surface area contributed by atoms with Gasteiger partial charge in [0, 0.05) is 25.0 Å². The van der Waals surface area contributed by atoms with Crippen LogP contribution in [0.3, 0.4) is 0 Å². The molecule has 0 atom stereocenters. The highest BCUT2D eigenvalue weighted by Crippen LogP contribution is 2.21.